The first kappa shape index (κ1) is 14.8. The molecule has 1 amide bonds. The number of aryl methyl sites for hydroxylation is 1. The zero-order valence-corrected chi connectivity index (χ0v) is 11.4. The minimum atomic E-state index is 0.178. The van der Waals surface area contributed by atoms with Gasteiger partial charge in [0.15, 0.2) is 0 Å². The van der Waals surface area contributed by atoms with E-state index in [0.29, 0.717) is 13.0 Å². The van der Waals surface area contributed by atoms with E-state index in [1.54, 1.807) is 4.90 Å². The van der Waals surface area contributed by atoms with E-state index in [9.17, 15) is 4.79 Å². The molecule has 0 aliphatic heterocycles. The lowest BCUT2D eigenvalue weighted by Crippen LogP contribution is -2.25. The summed E-state index contributed by atoms with van der Waals surface area (Å²) in [5.74, 6) is 1.90. The maximum atomic E-state index is 11.8. The van der Waals surface area contributed by atoms with E-state index in [4.69, 9.17) is 10.2 Å². The number of carbonyl (C=O) groups excluding carboxylic acids is 1. The predicted octanol–water partition coefficient (Wildman–Crippen LogP) is 2.46. The molecule has 0 saturated carbocycles. The monoisotopic (exact) mass is 252 g/mol. The molecule has 1 aromatic rings. The third-order valence-corrected chi connectivity index (χ3v) is 2.96. The minimum absolute atomic E-state index is 0.178. The maximum Gasteiger partial charge on any atom is 0.222 e. The topological polar surface area (TPSA) is 59.5 Å². The van der Waals surface area contributed by atoms with Crippen molar-refractivity contribution in [1.29, 1.82) is 0 Å². The third kappa shape index (κ3) is 5.36. The summed E-state index contributed by atoms with van der Waals surface area (Å²) in [6.45, 7) is 3.20. The number of furan rings is 1. The molecule has 0 spiro atoms. The van der Waals surface area contributed by atoms with Crippen LogP contribution in [0, 0.1) is 6.92 Å². The van der Waals surface area contributed by atoms with Crippen LogP contribution < -0.4 is 5.73 Å². The van der Waals surface area contributed by atoms with Gasteiger partial charge in [-0.25, -0.2) is 0 Å². The Morgan fingerprint density at radius 1 is 1.28 bits per heavy atom. The average molecular weight is 252 g/mol. The summed E-state index contributed by atoms with van der Waals surface area (Å²) in [6.07, 6.45) is 4.80. The summed E-state index contributed by atoms with van der Waals surface area (Å²) in [6, 6.07) is 3.83. The van der Waals surface area contributed by atoms with E-state index < -0.39 is 0 Å². The highest BCUT2D eigenvalue weighted by Crippen LogP contribution is 2.10. The van der Waals surface area contributed by atoms with Crippen LogP contribution in [0.4, 0.5) is 0 Å². The molecular weight excluding hydrogens is 228 g/mol. The molecule has 0 radical (unpaired) electrons. The fourth-order valence-electron chi connectivity index (χ4n) is 1.86. The first-order valence-corrected chi connectivity index (χ1v) is 6.63. The molecule has 0 aromatic carbocycles. The Hall–Kier alpha value is -1.29. The van der Waals surface area contributed by atoms with Crippen molar-refractivity contribution in [3.8, 4) is 0 Å². The molecule has 0 aliphatic rings. The summed E-state index contributed by atoms with van der Waals surface area (Å²) in [4.78, 5) is 13.6. The van der Waals surface area contributed by atoms with Crippen molar-refractivity contribution in [2.75, 3.05) is 13.6 Å². The molecule has 4 nitrogen and oxygen atoms in total. The highest BCUT2D eigenvalue weighted by atomic mass is 16.3. The van der Waals surface area contributed by atoms with Gasteiger partial charge < -0.3 is 15.1 Å². The molecule has 0 aliphatic carbocycles. The van der Waals surface area contributed by atoms with E-state index in [-0.39, 0.29) is 5.91 Å². The molecule has 1 aromatic heterocycles. The minimum Gasteiger partial charge on any atom is -0.464 e. The smallest absolute Gasteiger partial charge is 0.222 e. The first-order chi connectivity index (χ1) is 8.63. The Labute approximate surface area is 109 Å². The number of unbranched alkanes of at least 4 members (excludes halogenated alkanes) is 3. The van der Waals surface area contributed by atoms with Crippen LogP contribution >= 0.6 is 0 Å². The fraction of sp³-hybridized carbons (Fsp3) is 0.643. The van der Waals surface area contributed by atoms with Gasteiger partial charge in [0.05, 0.1) is 6.54 Å². The molecule has 0 saturated heterocycles. The molecule has 18 heavy (non-hydrogen) atoms. The number of amides is 1. The Morgan fingerprint density at radius 3 is 2.61 bits per heavy atom. The van der Waals surface area contributed by atoms with Crippen LogP contribution in [0.25, 0.3) is 0 Å². The molecule has 2 N–H and O–H groups in total. The van der Waals surface area contributed by atoms with Crippen molar-refractivity contribution in [3.05, 3.63) is 23.7 Å². The Morgan fingerprint density at radius 2 is 2.00 bits per heavy atom. The number of nitrogens with two attached hydrogens (primary N) is 1. The van der Waals surface area contributed by atoms with Gasteiger partial charge in [-0.05, 0) is 38.4 Å². The van der Waals surface area contributed by atoms with Gasteiger partial charge >= 0.3 is 0 Å². The van der Waals surface area contributed by atoms with Gasteiger partial charge in [0.25, 0.3) is 0 Å². The summed E-state index contributed by atoms with van der Waals surface area (Å²) in [5, 5.41) is 0. The number of hydrogen-bond acceptors (Lipinski definition) is 3. The van der Waals surface area contributed by atoms with Crippen molar-refractivity contribution in [2.24, 2.45) is 5.73 Å². The van der Waals surface area contributed by atoms with Gasteiger partial charge in [-0.3, -0.25) is 4.79 Å². The zero-order chi connectivity index (χ0) is 13.4. The van der Waals surface area contributed by atoms with Crippen LogP contribution in [0.2, 0.25) is 0 Å². The highest BCUT2D eigenvalue weighted by molar-refractivity contribution is 5.75. The Balaban J connectivity index is 2.20. The molecule has 0 fully saturated rings. The average Bonchev–Trinajstić information content (AvgIpc) is 2.74. The largest absolute Gasteiger partial charge is 0.464 e. The standard InChI is InChI=1S/C14H24N2O2/c1-12-8-9-13(18-12)11-16(2)14(17)7-5-3-4-6-10-15/h8-9H,3-7,10-11,15H2,1-2H3. The first-order valence-electron chi connectivity index (χ1n) is 6.63. The van der Waals surface area contributed by atoms with Crippen LogP contribution in [0.15, 0.2) is 16.5 Å². The number of nitrogens with zero attached hydrogens (tertiary/aromatic N) is 1. The zero-order valence-electron chi connectivity index (χ0n) is 11.4. The van der Waals surface area contributed by atoms with Gasteiger partial charge in [0, 0.05) is 13.5 Å². The number of carbonyl (C=O) groups is 1. The van der Waals surface area contributed by atoms with Crippen molar-refractivity contribution in [2.45, 2.75) is 45.6 Å². The highest BCUT2D eigenvalue weighted by Gasteiger charge is 2.10. The van der Waals surface area contributed by atoms with E-state index in [1.807, 2.05) is 26.1 Å². The summed E-state index contributed by atoms with van der Waals surface area (Å²) >= 11 is 0. The Kier molecular flexibility index (Phi) is 6.50. The molecule has 1 rings (SSSR count). The summed E-state index contributed by atoms with van der Waals surface area (Å²) in [7, 11) is 1.82. The second kappa shape index (κ2) is 7.93. The van der Waals surface area contributed by atoms with Gasteiger partial charge in [-0.2, -0.15) is 0 Å². The molecule has 102 valence electrons. The normalized spacial score (nSPS) is 10.6. The van der Waals surface area contributed by atoms with E-state index in [2.05, 4.69) is 0 Å². The van der Waals surface area contributed by atoms with Gasteiger partial charge in [0.1, 0.15) is 11.5 Å². The second-order valence-electron chi connectivity index (χ2n) is 4.72. The van der Waals surface area contributed by atoms with Crippen LogP contribution in [-0.4, -0.2) is 24.4 Å². The van der Waals surface area contributed by atoms with Crippen LogP contribution in [-0.2, 0) is 11.3 Å². The van der Waals surface area contributed by atoms with Crippen LogP contribution in [0.3, 0.4) is 0 Å². The van der Waals surface area contributed by atoms with Crippen molar-refractivity contribution in [1.82, 2.24) is 4.90 Å². The van der Waals surface area contributed by atoms with E-state index in [1.165, 1.54) is 0 Å². The Bertz CT molecular complexity index is 360. The van der Waals surface area contributed by atoms with Gasteiger partial charge in [-0.15, -0.1) is 0 Å². The lowest BCUT2D eigenvalue weighted by molar-refractivity contribution is -0.130. The quantitative estimate of drug-likeness (QED) is 0.723. The lowest BCUT2D eigenvalue weighted by Gasteiger charge is -2.15. The third-order valence-electron chi connectivity index (χ3n) is 2.96. The van der Waals surface area contributed by atoms with Crippen molar-refractivity contribution >= 4 is 5.91 Å². The maximum absolute atomic E-state index is 11.8. The van der Waals surface area contributed by atoms with Crippen molar-refractivity contribution in [3.63, 3.8) is 0 Å². The predicted molar refractivity (Wildman–Crippen MR) is 72.1 cm³/mol. The SMILES string of the molecule is Cc1ccc(CN(C)C(=O)CCCCCCN)o1. The number of hydrogen-bond donors (Lipinski definition) is 1. The second-order valence-corrected chi connectivity index (χ2v) is 4.72. The molecule has 0 unspecified atom stereocenters. The molecular formula is C14H24N2O2. The van der Waals surface area contributed by atoms with Gasteiger partial charge in [0.2, 0.25) is 5.91 Å². The summed E-state index contributed by atoms with van der Waals surface area (Å²) < 4.78 is 5.45. The van der Waals surface area contributed by atoms with Crippen LogP contribution in [0.1, 0.15) is 43.6 Å². The molecule has 0 atom stereocenters. The molecule has 4 heteroatoms. The summed E-state index contributed by atoms with van der Waals surface area (Å²) in [5.41, 5.74) is 5.42. The van der Waals surface area contributed by atoms with Crippen molar-refractivity contribution < 1.29 is 9.21 Å². The molecule has 1 heterocycles. The molecule has 0 bridgehead atoms. The lowest BCUT2D eigenvalue weighted by atomic mass is 10.1. The fourth-order valence-corrected chi connectivity index (χ4v) is 1.86. The number of rotatable bonds is 8. The van der Waals surface area contributed by atoms with Gasteiger partial charge in [-0.1, -0.05) is 12.8 Å². The van der Waals surface area contributed by atoms with Crippen LogP contribution in [0.5, 0.6) is 0 Å². The van der Waals surface area contributed by atoms with E-state index >= 15 is 0 Å². The van der Waals surface area contributed by atoms with E-state index in [0.717, 1.165) is 43.7 Å².